The topological polar surface area (TPSA) is 70.4 Å². The Morgan fingerprint density at radius 1 is 1.32 bits per heavy atom. The number of nitriles is 1. The third-order valence-electron chi connectivity index (χ3n) is 3.78. The van der Waals surface area contributed by atoms with Crippen molar-refractivity contribution >= 4 is 10.0 Å². The molecule has 6 heteroatoms. The van der Waals surface area contributed by atoms with Crippen LogP contribution in [0.2, 0.25) is 0 Å². The predicted octanol–water partition coefficient (Wildman–Crippen LogP) is 1.95. The molecule has 1 aliphatic heterocycles. The summed E-state index contributed by atoms with van der Waals surface area (Å²) in [7, 11) is -3.27. The number of benzene rings is 1. The smallest absolute Gasteiger partial charge is 0.214 e. The van der Waals surface area contributed by atoms with Crippen LogP contribution in [0.25, 0.3) is 0 Å². The minimum atomic E-state index is -3.27. The van der Waals surface area contributed by atoms with Gasteiger partial charge in [0.1, 0.15) is 0 Å². The van der Waals surface area contributed by atoms with E-state index in [1.165, 1.54) is 9.87 Å². The Labute approximate surface area is 132 Å². The highest BCUT2D eigenvalue weighted by Crippen LogP contribution is 2.16. The van der Waals surface area contributed by atoms with E-state index >= 15 is 0 Å². The summed E-state index contributed by atoms with van der Waals surface area (Å²) in [6.45, 7) is 1.27. The summed E-state index contributed by atoms with van der Waals surface area (Å²) in [5.41, 5.74) is 1.24. The second-order valence-electron chi connectivity index (χ2n) is 5.45. The summed E-state index contributed by atoms with van der Waals surface area (Å²) >= 11 is 0. The van der Waals surface area contributed by atoms with Crippen molar-refractivity contribution in [3.63, 3.8) is 0 Å². The Kier molecular flexibility index (Phi) is 6.37. The van der Waals surface area contributed by atoms with Gasteiger partial charge in [-0.1, -0.05) is 30.3 Å². The van der Waals surface area contributed by atoms with Crippen molar-refractivity contribution in [3.8, 4) is 6.07 Å². The van der Waals surface area contributed by atoms with E-state index in [4.69, 9.17) is 10.00 Å². The Balaban J connectivity index is 1.85. The van der Waals surface area contributed by atoms with Crippen LogP contribution in [0.15, 0.2) is 30.3 Å². The zero-order valence-corrected chi connectivity index (χ0v) is 13.5. The van der Waals surface area contributed by atoms with Crippen molar-refractivity contribution < 1.29 is 13.2 Å². The fraction of sp³-hybridized carbons (Fsp3) is 0.562. The summed E-state index contributed by atoms with van der Waals surface area (Å²) in [6.07, 6.45) is 2.31. The second kappa shape index (κ2) is 8.28. The molecule has 1 saturated heterocycles. The number of unbranched alkanes of at least 4 members (excludes halogenated alkanes) is 1. The van der Waals surface area contributed by atoms with E-state index in [1.54, 1.807) is 0 Å². The van der Waals surface area contributed by atoms with Gasteiger partial charge in [-0.25, -0.2) is 8.42 Å². The molecule has 5 nitrogen and oxygen atoms in total. The molecule has 1 aromatic rings. The Bertz CT molecular complexity index is 596. The first-order valence-corrected chi connectivity index (χ1v) is 9.23. The first kappa shape index (κ1) is 16.9. The van der Waals surface area contributed by atoms with Crippen molar-refractivity contribution in [3.05, 3.63) is 35.9 Å². The van der Waals surface area contributed by atoms with E-state index in [2.05, 4.69) is 12.1 Å². The van der Waals surface area contributed by atoms with Gasteiger partial charge in [0.2, 0.25) is 10.0 Å². The number of morpholine rings is 1. The molecule has 0 aliphatic carbocycles. The van der Waals surface area contributed by atoms with Crippen LogP contribution in [-0.4, -0.2) is 44.3 Å². The number of sulfonamides is 1. The number of hydrogen-bond donors (Lipinski definition) is 0. The maximum absolute atomic E-state index is 12.2. The number of aryl methyl sites for hydroxylation is 1. The summed E-state index contributed by atoms with van der Waals surface area (Å²) in [6, 6.07) is 12.1. The van der Waals surface area contributed by atoms with Crippen LogP contribution < -0.4 is 0 Å². The minimum absolute atomic E-state index is 0.0476. The monoisotopic (exact) mass is 322 g/mol. The number of ether oxygens (including phenoxy) is 1. The Hall–Kier alpha value is -1.42. The van der Waals surface area contributed by atoms with Crippen molar-refractivity contribution in [2.24, 2.45) is 0 Å². The molecule has 0 spiro atoms. The van der Waals surface area contributed by atoms with Crippen LogP contribution in [-0.2, 0) is 21.2 Å². The van der Waals surface area contributed by atoms with E-state index in [0.29, 0.717) is 26.1 Å². The average molecular weight is 322 g/mol. The largest absolute Gasteiger partial charge is 0.375 e. The molecule has 120 valence electrons. The minimum Gasteiger partial charge on any atom is -0.375 e. The molecular formula is C16H22N2O3S. The molecule has 0 N–H and O–H groups in total. The van der Waals surface area contributed by atoms with Crippen LogP contribution in [0.3, 0.4) is 0 Å². The molecular weight excluding hydrogens is 300 g/mol. The number of hydrogen-bond acceptors (Lipinski definition) is 4. The van der Waals surface area contributed by atoms with Gasteiger partial charge >= 0.3 is 0 Å². The van der Waals surface area contributed by atoms with Gasteiger partial charge in [-0.05, 0) is 24.8 Å². The molecule has 0 saturated carbocycles. The van der Waals surface area contributed by atoms with Crippen molar-refractivity contribution in [1.82, 2.24) is 4.31 Å². The van der Waals surface area contributed by atoms with Gasteiger partial charge in [-0.2, -0.15) is 9.57 Å². The molecule has 1 aliphatic rings. The quantitative estimate of drug-likeness (QED) is 0.720. The van der Waals surface area contributed by atoms with Crippen LogP contribution in [0.4, 0.5) is 0 Å². The van der Waals surface area contributed by atoms with Gasteiger partial charge in [0.25, 0.3) is 0 Å². The van der Waals surface area contributed by atoms with Gasteiger partial charge in [-0.15, -0.1) is 0 Å². The highest BCUT2D eigenvalue weighted by Gasteiger charge is 2.28. The predicted molar refractivity (Wildman–Crippen MR) is 84.7 cm³/mol. The fourth-order valence-corrected chi connectivity index (χ4v) is 4.07. The number of rotatable bonds is 7. The lowest BCUT2D eigenvalue weighted by Crippen LogP contribution is -2.46. The third-order valence-corrected chi connectivity index (χ3v) is 5.71. The van der Waals surface area contributed by atoms with Crippen LogP contribution in [0.1, 0.15) is 24.8 Å². The molecule has 1 unspecified atom stereocenters. The maximum Gasteiger partial charge on any atom is 0.214 e. The lowest BCUT2D eigenvalue weighted by Gasteiger charge is -2.32. The molecule has 0 radical (unpaired) electrons. The average Bonchev–Trinajstić information content (AvgIpc) is 2.54. The zero-order valence-electron chi connectivity index (χ0n) is 12.6. The highest BCUT2D eigenvalue weighted by atomic mass is 32.2. The molecule has 2 rings (SSSR count). The second-order valence-corrected chi connectivity index (χ2v) is 7.54. The van der Waals surface area contributed by atoms with Crippen molar-refractivity contribution in [2.45, 2.75) is 31.8 Å². The molecule has 0 aromatic heterocycles. The summed E-state index contributed by atoms with van der Waals surface area (Å²) in [5.74, 6) is 0.0476. The first-order valence-electron chi connectivity index (χ1n) is 7.62. The Morgan fingerprint density at radius 2 is 2.09 bits per heavy atom. The van der Waals surface area contributed by atoms with E-state index in [-0.39, 0.29) is 18.3 Å². The zero-order chi connectivity index (χ0) is 15.8. The van der Waals surface area contributed by atoms with Crippen LogP contribution >= 0.6 is 0 Å². The molecule has 1 atom stereocenters. The third kappa shape index (κ3) is 5.09. The molecule has 1 fully saturated rings. The van der Waals surface area contributed by atoms with E-state index < -0.39 is 10.0 Å². The number of nitrogens with zero attached hydrogens (tertiary/aromatic N) is 2. The normalized spacial score (nSPS) is 19.7. The molecule has 1 heterocycles. The molecule has 0 amide bonds. The van der Waals surface area contributed by atoms with E-state index in [9.17, 15) is 8.42 Å². The lowest BCUT2D eigenvalue weighted by atomic mass is 10.1. The van der Waals surface area contributed by atoms with Gasteiger partial charge < -0.3 is 4.74 Å². The molecule has 0 bridgehead atoms. The SMILES string of the molecule is N#CCCCS(=O)(=O)N1CCOC(CCc2ccccc2)C1. The summed E-state index contributed by atoms with van der Waals surface area (Å²) in [5, 5.41) is 8.52. The standard InChI is InChI=1S/C16H22N2O3S/c17-10-4-5-13-22(19,20)18-11-12-21-16(14-18)9-8-15-6-2-1-3-7-15/h1-3,6-7,16H,4-5,8-9,11-14H2. The van der Waals surface area contributed by atoms with E-state index in [0.717, 1.165) is 12.8 Å². The fourth-order valence-electron chi connectivity index (χ4n) is 2.55. The summed E-state index contributed by atoms with van der Waals surface area (Å²) < 4.78 is 31.7. The van der Waals surface area contributed by atoms with E-state index in [1.807, 2.05) is 24.3 Å². The van der Waals surface area contributed by atoms with Gasteiger partial charge in [0, 0.05) is 19.5 Å². The molecule has 1 aromatic carbocycles. The van der Waals surface area contributed by atoms with Crippen molar-refractivity contribution in [2.75, 3.05) is 25.4 Å². The highest BCUT2D eigenvalue weighted by molar-refractivity contribution is 7.89. The maximum atomic E-state index is 12.2. The van der Waals surface area contributed by atoms with Gasteiger partial charge in [0.05, 0.1) is 24.5 Å². The lowest BCUT2D eigenvalue weighted by molar-refractivity contribution is -0.00525. The van der Waals surface area contributed by atoms with Crippen molar-refractivity contribution in [1.29, 1.82) is 5.26 Å². The Morgan fingerprint density at radius 3 is 2.82 bits per heavy atom. The van der Waals surface area contributed by atoms with Gasteiger partial charge in [0.15, 0.2) is 0 Å². The first-order chi connectivity index (χ1) is 10.6. The summed E-state index contributed by atoms with van der Waals surface area (Å²) in [4.78, 5) is 0. The van der Waals surface area contributed by atoms with Gasteiger partial charge in [-0.3, -0.25) is 0 Å². The van der Waals surface area contributed by atoms with Crippen LogP contribution in [0, 0.1) is 11.3 Å². The van der Waals surface area contributed by atoms with Crippen LogP contribution in [0.5, 0.6) is 0 Å². The molecule has 22 heavy (non-hydrogen) atoms.